The number of hydrogen-bond acceptors (Lipinski definition) is 4. The topological polar surface area (TPSA) is 79.5 Å². The zero-order valence-electron chi connectivity index (χ0n) is 10.2. The number of nitrogens with one attached hydrogen (secondary N) is 3. The van der Waals surface area contributed by atoms with Gasteiger partial charge >= 0.3 is 0 Å². The van der Waals surface area contributed by atoms with Gasteiger partial charge in [0.15, 0.2) is 5.11 Å². The molecule has 8 heteroatoms. The van der Waals surface area contributed by atoms with Crippen LogP contribution in [-0.2, 0) is 4.79 Å². The van der Waals surface area contributed by atoms with E-state index >= 15 is 0 Å². The van der Waals surface area contributed by atoms with Crippen LogP contribution in [0.4, 0.5) is 0 Å². The van der Waals surface area contributed by atoms with Crippen LogP contribution in [0.5, 0.6) is 5.75 Å². The van der Waals surface area contributed by atoms with E-state index in [0.29, 0.717) is 15.8 Å². The van der Waals surface area contributed by atoms with Gasteiger partial charge in [-0.3, -0.25) is 20.4 Å². The molecule has 0 fully saturated rings. The van der Waals surface area contributed by atoms with Crippen molar-refractivity contribution in [2.45, 2.75) is 6.92 Å². The predicted molar refractivity (Wildman–Crippen MR) is 77.7 cm³/mol. The molecular formula is C11H12BrN3O3S. The normalized spacial score (nSPS) is 9.42. The zero-order valence-corrected chi connectivity index (χ0v) is 12.6. The maximum absolute atomic E-state index is 11.8. The first-order valence-electron chi connectivity index (χ1n) is 5.15. The number of hydrogen-bond donors (Lipinski definition) is 3. The highest BCUT2D eigenvalue weighted by Gasteiger charge is 2.09. The highest BCUT2D eigenvalue weighted by Crippen LogP contribution is 2.25. The summed E-state index contributed by atoms with van der Waals surface area (Å²) in [6.07, 6.45) is 0. The van der Waals surface area contributed by atoms with Gasteiger partial charge in [-0.05, 0) is 46.3 Å². The lowest BCUT2D eigenvalue weighted by Gasteiger charge is -2.10. The van der Waals surface area contributed by atoms with Crippen molar-refractivity contribution in [1.82, 2.24) is 16.2 Å². The number of ether oxygens (including phenoxy) is 1. The van der Waals surface area contributed by atoms with E-state index in [1.165, 1.54) is 14.0 Å². The minimum absolute atomic E-state index is 0.0217. The second-order valence-corrected chi connectivity index (χ2v) is 4.70. The first-order valence-corrected chi connectivity index (χ1v) is 6.35. The summed E-state index contributed by atoms with van der Waals surface area (Å²) in [7, 11) is 1.53. The average Bonchev–Trinajstić information content (AvgIpc) is 2.35. The Balaban J connectivity index is 2.61. The maximum atomic E-state index is 11.8. The van der Waals surface area contributed by atoms with E-state index in [-0.39, 0.29) is 11.0 Å². The fraction of sp³-hybridized carbons (Fsp3) is 0.182. The predicted octanol–water partition coefficient (Wildman–Crippen LogP) is 1.11. The van der Waals surface area contributed by atoms with Gasteiger partial charge in [0, 0.05) is 12.5 Å². The monoisotopic (exact) mass is 345 g/mol. The Labute approximate surface area is 124 Å². The van der Waals surface area contributed by atoms with Crippen molar-refractivity contribution >= 4 is 45.1 Å². The molecule has 3 N–H and O–H groups in total. The second-order valence-electron chi connectivity index (χ2n) is 3.44. The van der Waals surface area contributed by atoms with Crippen LogP contribution in [0.3, 0.4) is 0 Å². The molecule has 0 bridgehead atoms. The first kappa shape index (κ1) is 15.4. The van der Waals surface area contributed by atoms with E-state index in [4.69, 9.17) is 17.0 Å². The molecular weight excluding hydrogens is 334 g/mol. The number of carbonyl (C=O) groups excluding carboxylic acids is 2. The molecule has 1 rings (SSSR count). The number of methoxy groups -OCH3 is 1. The Morgan fingerprint density at radius 1 is 1.32 bits per heavy atom. The molecule has 1 aromatic carbocycles. The van der Waals surface area contributed by atoms with Crippen LogP contribution < -0.4 is 20.9 Å². The number of halogens is 1. The van der Waals surface area contributed by atoms with Gasteiger partial charge < -0.3 is 10.1 Å². The number of carbonyl (C=O) groups is 2. The summed E-state index contributed by atoms with van der Waals surface area (Å²) < 4.78 is 5.72. The number of thiocarbonyl (C=S) groups is 1. The average molecular weight is 346 g/mol. The second kappa shape index (κ2) is 7.05. The summed E-state index contributed by atoms with van der Waals surface area (Å²) in [6, 6.07) is 4.87. The quantitative estimate of drug-likeness (QED) is 0.552. The Morgan fingerprint density at radius 2 is 2.00 bits per heavy atom. The lowest BCUT2D eigenvalue weighted by molar-refractivity contribution is -0.117. The van der Waals surface area contributed by atoms with Gasteiger partial charge in [-0.1, -0.05) is 0 Å². The Morgan fingerprint density at radius 3 is 2.53 bits per heavy atom. The number of hydrazine groups is 1. The summed E-state index contributed by atoms with van der Waals surface area (Å²) in [6.45, 7) is 1.32. The van der Waals surface area contributed by atoms with Crippen molar-refractivity contribution in [3.63, 3.8) is 0 Å². The van der Waals surface area contributed by atoms with Gasteiger partial charge in [0.1, 0.15) is 5.75 Å². The highest BCUT2D eigenvalue weighted by molar-refractivity contribution is 9.10. The molecule has 0 atom stereocenters. The third kappa shape index (κ3) is 4.84. The highest BCUT2D eigenvalue weighted by atomic mass is 79.9. The molecule has 0 aliphatic heterocycles. The lowest BCUT2D eigenvalue weighted by Crippen LogP contribution is -2.47. The van der Waals surface area contributed by atoms with Crippen LogP contribution in [0.25, 0.3) is 0 Å². The van der Waals surface area contributed by atoms with Gasteiger partial charge in [0.25, 0.3) is 5.91 Å². The van der Waals surface area contributed by atoms with Crippen LogP contribution in [-0.4, -0.2) is 24.0 Å². The third-order valence-electron chi connectivity index (χ3n) is 1.99. The third-order valence-corrected chi connectivity index (χ3v) is 2.82. The van der Waals surface area contributed by atoms with E-state index in [2.05, 4.69) is 32.1 Å². The molecule has 1 aromatic rings. The van der Waals surface area contributed by atoms with Gasteiger partial charge in [0.2, 0.25) is 5.91 Å². The van der Waals surface area contributed by atoms with Gasteiger partial charge in [-0.2, -0.15) is 0 Å². The zero-order chi connectivity index (χ0) is 14.4. The van der Waals surface area contributed by atoms with E-state index in [1.54, 1.807) is 18.2 Å². The Kier molecular flexibility index (Phi) is 5.71. The number of benzene rings is 1. The van der Waals surface area contributed by atoms with Crippen LogP contribution in [0, 0.1) is 0 Å². The van der Waals surface area contributed by atoms with Crippen molar-refractivity contribution in [2.75, 3.05) is 7.11 Å². The van der Waals surface area contributed by atoms with E-state index in [9.17, 15) is 9.59 Å². The molecule has 102 valence electrons. The molecule has 0 aliphatic rings. The minimum atomic E-state index is -0.393. The molecule has 0 aromatic heterocycles. The SMILES string of the molecule is COc1ccc(C(=O)NNC(=S)NC(C)=O)cc1Br. The first-order chi connectivity index (χ1) is 8.93. The fourth-order valence-electron chi connectivity index (χ4n) is 1.18. The van der Waals surface area contributed by atoms with Crippen molar-refractivity contribution in [3.05, 3.63) is 28.2 Å². The molecule has 0 radical (unpaired) electrons. The van der Waals surface area contributed by atoms with Crippen molar-refractivity contribution in [3.8, 4) is 5.75 Å². The van der Waals surface area contributed by atoms with E-state index in [1.807, 2.05) is 0 Å². The van der Waals surface area contributed by atoms with Gasteiger partial charge in [0.05, 0.1) is 11.6 Å². The van der Waals surface area contributed by atoms with Crippen LogP contribution in [0.2, 0.25) is 0 Å². The van der Waals surface area contributed by atoms with E-state index < -0.39 is 5.91 Å². The fourth-order valence-corrected chi connectivity index (χ4v) is 1.92. The van der Waals surface area contributed by atoms with Crippen LogP contribution in [0.15, 0.2) is 22.7 Å². The van der Waals surface area contributed by atoms with Crippen molar-refractivity contribution in [1.29, 1.82) is 0 Å². The molecule has 0 saturated carbocycles. The molecule has 0 aliphatic carbocycles. The molecule has 2 amide bonds. The molecule has 0 spiro atoms. The largest absolute Gasteiger partial charge is 0.496 e. The minimum Gasteiger partial charge on any atom is -0.496 e. The van der Waals surface area contributed by atoms with E-state index in [0.717, 1.165) is 0 Å². The molecule has 0 unspecified atom stereocenters. The summed E-state index contributed by atoms with van der Waals surface area (Å²) in [5.74, 6) is -0.0896. The summed E-state index contributed by atoms with van der Waals surface area (Å²) in [5, 5.41) is 2.34. The molecule has 0 heterocycles. The Hall–Kier alpha value is -1.67. The number of rotatable bonds is 2. The van der Waals surface area contributed by atoms with Crippen molar-refractivity contribution < 1.29 is 14.3 Å². The molecule has 19 heavy (non-hydrogen) atoms. The van der Waals surface area contributed by atoms with Gasteiger partial charge in [-0.15, -0.1) is 0 Å². The molecule has 6 nitrogen and oxygen atoms in total. The summed E-state index contributed by atoms with van der Waals surface area (Å²) in [5.41, 5.74) is 5.18. The standard InChI is InChI=1S/C11H12BrN3O3S/c1-6(16)13-11(19)15-14-10(17)7-3-4-9(18-2)8(12)5-7/h3-5H,1-2H3,(H,14,17)(H2,13,15,16,19). The van der Waals surface area contributed by atoms with Crippen molar-refractivity contribution in [2.24, 2.45) is 0 Å². The molecule has 0 saturated heterocycles. The maximum Gasteiger partial charge on any atom is 0.269 e. The lowest BCUT2D eigenvalue weighted by atomic mass is 10.2. The number of amides is 2. The smallest absolute Gasteiger partial charge is 0.269 e. The van der Waals surface area contributed by atoms with Crippen LogP contribution in [0.1, 0.15) is 17.3 Å². The van der Waals surface area contributed by atoms with Crippen LogP contribution >= 0.6 is 28.1 Å². The summed E-state index contributed by atoms with van der Waals surface area (Å²) >= 11 is 8.06. The summed E-state index contributed by atoms with van der Waals surface area (Å²) in [4.78, 5) is 22.5. The van der Waals surface area contributed by atoms with Gasteiger partial charge in [-0.25, -0.2) is 0 Å². The Bertz CT molecular complexity index is 522.